The van der Waals surface area contributed by atoms with Crippen molar-refractivity contribution in [3.05, 3.63) is 77.6 Å². The number of nitrogens with zero attached hydrogens (tertiary/aromatic N) is 1. The summed E-state index contributed by atoms with van der Waals surface area (Å²) in [5.74, 6) is 0. The maximum absolute atomic E-state index is 12.9. The number of H-pyrrole nitrogens is 1. The molecule has 0 spiro atoms. The molecular formula is C21H14ClF3N4O. The van der Waals surface area contributed by atoms with Crippen molar-refractivity contribution >= 4 is 40.0 Å². The maximum Gasteiger partial charge on any atom is 0.416 e. The van der Waals surface area contributed by atoms with Crippen LogP contribution >= 0.6 is 11.6 Å². The summed E-state index contributed by atoms with van der Waals surface area (Å²) in [6.07, 6.45) is -0.980. The fourth-order valence-electron chi connectivity index (χ4n) is 2.99. The van der Waals surface area contributed by atoms with Gasteiger partial charge in [-0.3, -0.25) is 4.98 Å². The second-order valence-electron chi connectivity index (χ2n) is 6.45. The Bertz CT molecular complexity index is 1220. The number of anilines is 2. The van der Waals surface area contributed by atoms with Gasteiger partial charge in [0.05, 0.1) is 27.3 Å². The minimum atomic E-state index is -4.54. The molecule has 9 heteroatoms. The Morgan fingerprint density at radius 3 is 2.53 bits per heavy atom. The summed E-state index contributed by atoms with van der Waals surface area (Å²) in [5, 5.41) is 4.91. The number of carbonyl (C=O) groups excluding carboxylic acids is 1. The quantitative estimate of drug-likeness (QED) is 0.345. The van der Waals surface area contributed by atoms with Gasteiger partial charge in [-0.25, -0.2) is 4.79 Å². The van der Waals surface area contributed by atoms with Crippen LogP contribution in [0.25, 0.3) is 22.2 Å². The van der Waals surface area contributed by atoms with Crippen LogP contribution in [0.4, 0.5) is 29.3 Å². The van der Waals surface area contributed by atoms with Crippen molar-refractivity contribution in [3.8, 4) is 11.1 Å². The number of nitrogens with one attached hydrogen (secondary N) is 3. The monoisotopic (exact) mass is 430 g/mol. The van der Waals surface area contributed by atoms with Crippen LogP contribution in [0.1, 0.15) is 5.56 Å². The molecule has 0 bridgehead atoms. The maximum atomic E-state index is 12.9. The van der Waals surface area contributed by atoms with E-state index in [0.717, 1.165) is 40.4 Å². The molecule has 0 saturated carbocycles. The minimum absolute atomic E-state index is 0.000309. The fourth-order valence-corrected chi connectivity index (χ4v) is 3.15. The molecular weight excluding hydrogens is 417 g/mol. The lowest BCUT2D eigenvalue weighted by molar-refractivity contribution is -0.137. The van der Waals surface area contributed by atoms with Gasteiger partial charge < -0.3 is 15.6 Å². The molecule has 0 aliphatic carbocycles. The van der Waals surface area contributed by atoms with Crippen LogP contribution in [0.15, 0.2) is 67.0 Å². The second kappa shape index (κ2) is 7.72. The van der Waals surface area contributed by atoms with Crippen LogP contribution in [0, 0.1) is 0 Å². The molecule has 4 rings (SSSR count). The third-order valence-corrected chi connectivity index (χ3v) is 4.76. The van der Waals surface area contributed by atoms with Gasteiger partial charge in [0.1, 0.15) is 0 Å². The summed E-state index contributed by atoms with van der Waals surface area (Å²) < 4.78 is 38.6. The lowest BCUT2D eigenvalue weighted by atomic mass is 10.1. The van der Waals surface area contributed by atoms with Crippen LogP contribution < -0.4 is 10.6 Å². The van der Waals surface area contributed by atoms with Crippen LogP contribution in [0.2, 0.25) is 5.02 Å². The molecule has 2 heterocycles. The molecule has 2 aromatic heterocycles. The zero-order chi connectivity index (χ0) is 21.3. The third-order valence-electron chi connectivity index (χ3n) is 4.43. The van der Waals surface area contributed by atoms with Gasteiger partial charge in [0.15, 0.2) is 0 Å². The van der Waals surface area contributed by atoms with Gasteiger partial charge in [-0.15, -0.1) is 0 Å². The molecule has 0 unspecified atom stereocenters. The smallest absolute Gasteiger partial charge is 0.359 e. The zero-order valence-electron chi connectivity index (χ0n) is 15.2. The molecule has 5 nitrogen and oxygen atoms in total. The molecule has 0 aliphatic heterocycles. The fraction of sp³-hybridized carbons (Fsp3) is 0.0476. The molecule has 0 atom stereocenters. The normalized spacial score (nSPS) is 11.5. The number of amides is 2. The zero-order valence-corrected chi connectivity index (χ0v) is 16.0. The molecule has 3 N–H and O–H groups in total. The number of rotatable bonds is 3. The number of aromatic nitrogens is 2. The molecule has 2 aromatic carbocycles. The first kappa shape index (κ1) is 19.8. The molecule has 152 valence electrons. The number of hydrogen-bond acceptors (Lipinski definition) is 2. The molecule has 0 aliphatic rings. The van der Waals surface area contributed by atoms with Gasteiger partial charge in [-0.1, -0.05) is 23.7 Å². The van der Waals surface area contributed by atoms with E-state index in [9.17, 15) is 18.0 Å². The highest BCUT2D eigenvalue weighted by Crippen LogP contribution is 2.34. The van der Waals surface area contributed by atoms with Crippen molar-refractivity contribution < 1.29 is 18.0 Å². The van der Waals surface area contributed by atoms with Crippen molar-refractivity contribution in [2.75, 3.05) is 10.6 Å². The Morgan fingerprint density at radius 1 is 1.03 bits per heavy atom. The van der Waals surface area contributed by atoms with E-state index in [0.29, 0.717) is 5.69 Å². The number of alkyl halides is 3. The van der Waals surface area contributed by atoms with Crippen LogP contribution in [0.5, 0.6) is 0 Å². The van der Waals surface area contributed by atoms with Crippen molar-refractivity contribution in [1.29, 1.82) is 0 Å². The van der Waals surface area contributed by atoms with Gasteiger partial charge in [-0.05, 0) is 48.0 Å². The summed E-state index contributed by atoms with van der Waals surface area (Å²) in [4.78, 5) is 19.7. The number of aromatic amines is 1. The predicted octanol–water partition coefficient (Wildman–Crippen LogP) is 6.55. The number of halogens is 4. The summed E-state index contributed by atoms with van der Waals surface area (Å²) in [7, 11) is 0. The Labute approximate surface area is 173 Å². The molecule has 0 fully saturated rings. The number of hydrogen-bond donors (Lipinski definition) is 3. The number of fused-ring (bicyclic) bond motifs is 1. The summed E-state index contributed by atoms with van der Waals surface area (Å²) >= 11 is 5.90. The van der Waals surface area contributed by atoms with Gasteiger partial charge in [-0.2, -0.15) is 13.2 Å². The Balaban J connectivity index is 1.48. The second-order valence-corrected chi connectivity index (χ2v) is 6.86. The van der Waals surface area contributed by atoms with E-state index in [1.165, 1.54) is 0 Å². The molecule has 0 radical (unpaired) electrons. The average Bonchev–Trinajstić information content (AvgIpc) is 3.13. The average molecular weight is 431 g/mol. The highest BCUT2D eigenvalue weighted by atomic mass is 35.5. The van der Waals surface area contributed by atoms with E-state index in [-0.39, 0.29) is 10.7 Å². The first-order chi connectivity index (χ1) is 14.3. The number of urea groups is 1. The first-order valence-corrected chi connectivity index (χ1v) is 9.16. The number of carbonyl (C=O) groups is 1. The summed E-state index contributed by atoms with van der Waals surface area (Å²) in [6, 6.07) is 12.8. The van der Waals surface area contributed by atoms with E-state index in [4.69, 9.17) is 11.6 Å². The van der Waals surface area contributed by atoms with Gasteiger partial charge in [0, 0.05) is 23.6 Å². The van der Waals surface area contributed by atoms with E-state index < -0.39 is 17.8 Å². The molecule has 4 aromatic rings. The van der Waals surface area contributed by atoms with E-state index in [1.54, 1.807) is 18.3 Å². The third kappa shape index (κ3) is 4.08. The highest BCUT2D eigenvalue weighted by Gasteiger charge is 2.31. The summed E-state index contributed by atoms with van der Waals surface area (Å²) in [5.41, 5.74) is 2.97. The Morgan fingerprint density at radius 2 is 1.80 bits per heavy atom. The van der Waals surface area contributed by atoms with E-state index in [1.807, 2.05) is 30.5 Å². The van der Waals surface area contributed by atoms with Gasteiger partial charge in [0.2, 0.25) is 0 Å². The number of benzene rings is 2. The number of pyridine rings is 1. The van der Waals surface area contributed by atoms with Crippen LogP contribution in [-0.4, -0.2) is 16.0 Å². The Kier molecular flexibility index (Phi) is 5.09. The van der Waals surface area contributed by atoms with Crippen molar-refractivity contribution in [2.45, 2.75) is 6.18 Å². The van der Waals surface area contributed by atoms with Crippen LogP contribution in [0.3, 0.4) is 0 Å². The standard InChI is InChI=1S/C21H14ClF3N4O/c22-16-8-5-13(21(23,24)25)10-18(16)29-20(30)28-14-6-3-12(4-7-14)15-11-27-17-2-1-9-26-19(15)17/h1-11,27H,(H2,28,29,30). The van der Waals surface area contributed by atoms with Gasteiger partial charge in [0.25, 0.3) is 0 Å². The largest absolute Gasteiger partial charge is 0.416 e. The Hall–Kier alpha value is -3.52. The minimum Gasteiger partial charge on any atom is -0.359 e. The lowest BCUT2D eigenvalue weighted by Crippen LogP contribution is -2.20. The lowest BCUT2D eigenvalue weighted by Gasteiger charge is -2.12. The van der Waals surface area contributed by atoms with Crippen molar-refractivity contribution in [1.82, 2.24) is 9.97 Å². The van der Waals surface area contributed by atoms with Crippen molar-refractivity contribution in [2.24, 2.45) is 0 Å². The molecule has 2 amide bonds. The molecule has 30 heavy (non-hydrogen) atoms. The van der Waals surface area contributed by atoms with Crippen molar-refractivity contribution in [3.63, 3.8) is 0 Å². The topological polar surface area (TPSA) is 69.8 Å². The van der Waals surface area contributed by atoms with Crippen LogP contribution in [-0.2, 0) is 6.18 Å². The van der Waals surface area contributed by atoms with E-state index in [2.05, 4.69) is 20.6 Å². The SMILES string of the molecule is O=C(Nc1ccc(-c2c[nH]c3cccnc23)cc1)Nc1cc(C(F)(F)F)ccc1Cl. The first-order valence-electron chi connectivity index (χ1n) is 8.78. The van der Waals surface area contributed by atoms with Gasteiger partial charge >= 0.3 is 12.2 Å². The predicted molar refractivity (Wildman–Crippen MR) is 111 cm³/mol. The van der Waals surface area contributed by atoms with E-state index >= 15 is 0 Å². The highest BCUT2D eigenvalue weighted by molar-refractivity contribution is 6.33. The molecule has 0 saturated heterocycles. The summed E-state index contributed by atoms with van der Waals surface area (Å²) in [6.45, 7) is 0.